The maximum Gasteiger partial charge on any atom is 0.251 e. The Hall–Kier alpha value is -0.580. The van der Waals surface area contributed by atoms with E-state index in [0.29, 0.717) is 17.2 Å². The van der Waals surface area contributed by atoms with Crippen LogP contribution in [0, 0.1) is 0 Å². The first-order chi connectivity index (χ1) is 8.50. The smallest absolute Gasteiger partial charge is 0.251 e. The summed E-state index contributed by atoms with van der Waals surface area (Å²) in [6.45, 7) is 3.34. The van der Waals surface area contributed by atoms with E-state index in [0.717, 1.165) is 23.9 Å². The summed E-state index contributed by atoms with van der Waals surface area (Å²) in [7, 11) is 0. The predicted molar refractivity (Wildman–Crippen MR) is 75.1 cm³/mol. The molecule has 1 aromatic rings. The number of hydrogen-bond acceptors (Lipinski definition) is 2. The molecule has 3 nitrogen and oxygen atoms in total. The Balaban J connectivity index is 2.09. The predicted octanol–water partition coefficient (Wildman–Crippen LogP) is 3.40. The molecule has 0 spiro atoms. The van der Waals surface area contributed by atoms with Crippen molar-refractivity contribution in [3.63, 3.8) is 0 Å². The molecule has 1 aliphatic rings. The number of hydrogen-bond donors (Lipinski definition) is 1. The first kappa shape index (κ1) is 13.8. The number of benzene rings is 1. The van der Waals surface area contributed by atoms with Crippen molar-refractivity contribution >= 4 is 33.4 Å². The van der Waals surface area contributed by atoms with Crippen LogP contribution < -0.4 is 5.32 Å². The third kappa shape index (κ3) is 3.25. The molecular weight excluding hydrogens is 318 g/mol. The molecule has 2 rings (SSSR count). The van der Waals surface area contributed by atoms with E-state index in [9.17, 15) is 4.79 Å². The molecule has 0 saturated carbocycles. The van der Waals surface area contributed by atoms with Crippen LogP contribution in [0.25, 0.3) is 0 Å². The standard InChI is InChI=1S/C13H15BrClNO2/c1-13(5-2-6-18-8-13)16-12(17)9-3-4-10(14)11(15)7-9/h3-4,7H,2,5-6,8H2,1H3,(H,16,17). The van der Waals surface area contributed by atoms with Gasteiger partial charge in [-0.25, -0.2) is 0 Å². The van der Waals surface area contributed by atoms with Gasteiger partial charge < -0.3 is 10.1 Å². The van der Waals surface area contributed by atoms with Gasteiger partial charge in [0.2, 0.25) is 0 Å². The lowest BCUT2D eigenvalue weighted by molar-refractivity contribution is 0.0272. The van der Waals surface area contributed by atoms with Gasteiger partial charge in [-0.15, -0.1) is 0 Å². The van der Waals surface area contributed by atoms with Crippen LogP contribution >= 0.6 is 27.5 Å². The van der Waals surface area contributed by atoms with Crippen molar-refractivity contribution in [3.8, 4) is 0 Å². The Morgan fingerprint density at radius 3 is 2.94 bits per heavy atom. The first-order valence-corrected chi connectivity index (χ1v) is 7.03. The molecule has 5 heteroatoms. The molecule has 0 radical (unpaired) electrons. The van der Waals surface area contributed by atoms with Gasteiger partial charge in [0.1, 0.15) is 0 Å². The van der Waals surface area contributed by atoms with Crippen LogP contribution in [0.3, 0.4) is 0 Å². The fourth-order valence-corrected chi connectivity index (χ4v) is 2.44. The Morgan fingerprint density at radius 1 is 1.56 bits per heavy atom. The van der Waals surface area contributed by atoms with Crippen molar-refractivity contribution in [2.45, 2.75) is 25.3 Å². The molecule has 0 aromatic heterocycles. The van der Waals surface area contributed by atoms with Crippen LogP contribution in [0.2, 0.25) is 5.02 Å². The molecule has 1 unspecified atom stereocenters. The van der Waals surface area contributed by atoms with E-state index in [1.165, 1.54) is 0 Å². The van der Waals surface area contributed by atoms with Gasteiger partial charge in [0.25, 0.3) is 5.91 Å². The van der Waals surface area contributed by atoms with E-state index < -0.39 is 0 Å². The van der Waals surface area contributed by atoms with Gasteiger partial charge in [0.15, 0.2) is 0 Å². The molecule has 1 atom stereocenters. The normalized spacial score (nSPS) is 23.7. The Morgan fingerprint density at radius 2 is 2.33 bits per heavy atom. The molecule has 1 N–H and O–H groups in total. The average molecular weight is 333 g/mol. The highest BCUT2D eigenvalue weighted by atomic mass is 79.9. The summed E-state index contributed by atoms with van der Waals surface area (Å²) in [4.78, 5) is 12.1. The summed E-state index contributed by atoms with van der Waals surface area (Å²) in [6, 6.07) is 5.18. The fourth-order valence-electron chi connectivity index (χ4n) is 2.02. The summed E-state index contributed by atoms with van der Waals surface area (Å²) in [5.41, 5.74) is 0.282. The first-order valence-electron chi connectivity index (χ1n) is 5.85. The zero-order valence-corrected chi connectivity index (χ0v) is 12.5. The minimum Gasteiger partial charge on any atom is -0.379 e. The molecule has 1 fully saturated rings. The molecule has 98 valence electrons. The van der Waals surface area contributed by atoms with Gasteiger partial charge in [-0.05, 0) is 53.9 Å². The van der Waals surface area contributed by atoms with E-state index in [1.807, 2.05) is 6.92 Å². The van der Waals surface area contributed by atoms with E-state index in [1.54, 1.807) is 18.2 Å². The minimum absolute atomic E-state index is 0.114. The Bertz CT molecular complexity index is 458. The number of nitrogens with one attached hydrogen (secondary N) is 1. The molecule has 0 aliphatic carbocycles. The second-order valence-corrected chi connectivity index (χ2v) is 6.06. The number of ether oxygens (including phenoxy) is 1. The van der Waals surface area contributed by atoms with Crippen LogP contribution in [0.1, 0.15) is 30.1 Å². The highest BCUT2D eigenvalue weighted by molar-refractivity contribution is 9.10. The molecule has 1 aromatic carbocycles. The molecule has 1 amide bonds. The lowest BCUT2D eigenvalue weighted by Crippen LogP contribution is -2.51. The molecular formula is C13H15BrClNO2. The van der Waals surface area contributed by atoms with Crippen molar-refractivity contribution in [1.82, 2.24) is 5.32 Å². The lowest BCUT2D eigenvalue weighted by atomic mass is 9.94. The highest BCUT2D eigenvalue weighted by Crippen LogP contribution is 2.24. The quantitative estimate of drug-likeness (QED) is 0.901. The van der Waals surface area contributed by atoms with Crippen molar-refractivity contribution in [1.29, 1.82) is 0 Å². The van der Waals surface area contributed by atoms with Crippen LogP contribution in [0.4, 0.5) is 0 Å². The van der Waals surface area contributed by atoms with Crippen LogP contribution in [0.15, 0.2) is 22.7 Å². The van der Waals surface area contributed by atoms with Gasteiger partial charge in [-0.3, -0.25) is 4.79 Å². The number of rotatable bonds is 2. The van der Waals surface area contributed by atoms with E-state index in [4.69, 9.17) is 16.3 Å². The third-order valence-electron chi connectivity index (χ3n) is 3.03. The third-order valence-corrected chi connectivity index (χ3v) is 4.27. The molecule has 0 bridgehead atoms. The summed E-state index contributed by atoms with van der Waals surface area (Å²) in [6.07, 6.45) is 1.90. The maximum absolute atomic E-state index is 12.1. The van der Waals surface area contributed by atoms with Crippen molar-refractivity contribution in [2.75, 3.05) is 13.2 Å². The van der Waals surface area contributed by atoms with E-state index >= 15 is 0 Å². The zero-order valence-electron chi connectivity index (χ0n) is 10.1. The number of carbonyl (C=O) groups is 1. The van der Waals surface area contributed by atoms with Gasteiger partial charge in [-0.2, -0.15) is 0 Å². The van der Waals surface area contributed by atoms with Crippen LogP contribution in [-0.2, 0) is 4.74 Å². The van der Waals surface area contributed by atoms with Crippen molar-refractivity contribution < 1.29 is 9.53 Å². The Labute approximate surface area is 120 Å². The second kappa shape index (κ2) is 5.59. The van der Waals surface area contributed by atoms with Gasteiger partial charge in [0.05, 0.1) is 17.2 Å². The lowest BCUT2D eigenvalue weighted by Gasteiger charge is -2.34. The summed E-state index contributed by atoms with van der Waals surface area (Å²) in [5.74, 6) is -0.114. The van der Waals surface area contributed by atoms with Crippen LogP contribution in [0.5, 0.6) is 0 Å². The number of halogens is 2. The SMILES string of the molecule is CC1(NC(=O)c2ccc(Br)c(Cl)c2)CCCOC1. The largest absolute Gasteiger partial charge is 0.379 e. The van der Waals surface area contributed by atoms with Crippen molar-refractivity contribution in [2.24, 2.45) is 0 Å². The molecule has 1 saturated heterocycles. The maximum atomic E-state index is 12.1. The topological polar surface area (TPSA) is 38.3 Å². The molecule has 1 aliphatic heterocycles. The summed E-state index contributed by atoms with van der Waals surface area (Å²) < 4.78 is 6.20. The Kier molecular flexibility index (Phi) is 4.30. The average Bonchev–Trinajstić information content (AvgIpc) is 2.33. The molecule has 18 heavy (non-hydrogen) atoms. The fraction of sp³-hybridized carbons (Fsp3) is 0.462. The zero-order chi connectivity index (χ0) is 13.2. The second-order valence-electron chi connectivity index (χ2n) is 4.80. The van der Waals surface area contributed by atoms with E-state index in [-0.39, 0.29) is 11.4 Å². The number of carbonyl (C=O) groups excluding carboxylic acids is 1. The summed E-state index contributed by atoms with van der Waals surface area (Å²) in [5, 5.41) is 3.56. The van der Waals surface area contributed by atoms with Crippen LogP contribution in [-0.4, -0.2) is 24.7 Å². The van der Waals surface area contributed by atoms with Crippen molar-refractivity contribution in [3.05, 3.63) is 33.3 Å². The van der Waals surface area contributed by atoms with E-state index in [2.05, 4.69) is 21.2 Å². The van der Waals surface area contributed by atoms with Gasteiger partial charge in [0, 0.05) is 16.6 Å². The van der Waals surface area contributed by atoms with Gasteiger partial charge >= 0.3 is 0 Å². The van der Waals surface area contributed by atoms with Gasteiger partial charge in [-0.1, -0.05) is 11.6 Å². The highest BCUT2D eigenvalue weighted by Gasteiger charge is 2.29. The summed E-state index contributed by atoms with van der Waals surface area (Å²) >= 11 is 9.29. The monoisotopic (exact) mass is 331 g/mol. The minimum atomic E-state index is -0.283. The molecule has 1 heterocycles. The number of amides is 1.